The van der Waals surface area contributed by atoms with Crippen molar-refractivity contribution in [2.45, 2.75) is 50.7 Å². The number of benzene rings is 2. The van der Waals surface area contributed by atoms with Crippen molar-refractivity contribution in [2.75, 3.05) is 13.2 Å². The van der Waals surface area contributed by atoms with Gasteiger partial charge in [0.1, 0.15) is 24.1 Å². The van der Waals surface area contributed by atoms with Crippen LogP contribution < -0.4 is 20.9 Å². The highest BCUT2D eigenvalue weighted by atomic mass is 31.2. The van der Waals surface area contributed by atoms with Crippen molar-refractivity contribution in [3.8, 4) is 5.75 Å². The fourth-order valence-corrected chi connectivity index (χ4v) is 6.51. The highest BCUT2D eigenvalue weighted by Crippen LogP contribution is 2.62. The first-order valence-corrected chi connectivity index (χ1v) is 14.9. The molecule has 2 aliphatic rings. The van der Waals surface area contributed by atoms with Crippen molar-refractivity contribution in [2.24, 2.45) is 5.41 Å². The molecule has 0 amide bonds. The predicted octanol–water partition coefficient (Wildman–Crippen LogP) is 2.54. The van der Waals surface area contributed by atoms with Gasteiger partial charge in [0.25, 0.3) is 5.56 Å². The van der Waals surface area contributed by atoms with Crippen LogP contribution in [0.3, 0.4) is 0 Å². The normalized spacial score (nSPS) is 23.0. The Morgan fingerprint density at radius 2 is 1.83 bits per heavy atom. The third-order valence-corrected chi connectivity index (χ3v) is 8.78. The monoisotopic (exact) mass is 585 g/mol. The molecule has 41 heavy (non-hydrogen) atoms. The number of ether oxygens (including phenoxy) is 2. The second kappa shape index (κ2) is 12.1. The van der Waals surface area contributed by atoms with E-state index in [4.69, 9.17) is 18.5 Å². The maximum Gasteiger partial charge on any atom is 0.459 e. The molecule has 1 spiro atoms. The summed E-state index contributed by atoms with van der Waals surface area (Å²) < 4.78 is 38.3. The number of aromatic nitrogens is 2. The Morgan fingerprint density at radius 1 is 1.15 bits per heavy atom. The molecule has 1 saturated carbocycles. The number of aliphatic hydroxyl groups excluding tert-OH is 1. The van der Waals surface area contributed by atoms with Gasteiger partial charge in [-0.05, 0) is 43.9 Å². The molecule has 2 fully saturated rings. The second-order valence-electron chi connectivity index (χ2n) is 10.0. The number of nitrogens with one attached hydrogen (secondary N) is 2. The van der Waals surface area contributed by atoms with Gasteiger partial charge in [0, 0.05) is 17.7 Å². The number of hydrogen-bond donors (Lipinski definition) is 3. The molecular formula is C28H32N3O9P. The molecule has 2 heterocycles. The molecule has 0 radical (unpaired) electrons. The Kier molecular flexibility index (Phi) is 8.58. The van der Waals surface area contributed by atoms with Gasteiger partial charge in [0.15, 0.2) is 0 Å². The molecule has 5 rings (SSSR count). The van der Waals surface area contributed by atoms with E-state index in [2.05, 4.69) is 10.1 Å². The van der Waals surface area contributed by atoms with Crippen molar-refractivity contribution in [3.05, 3.63) is 99.3 Å². The zero-order valence-electron chi connectivity index (χ0n) is 22.4. The van der Waals surface area contributed by atoms with Crippen LogP contribution in [0.15, 0.2) is 82.5 Å². The van der Waals surface area contributed by atoms with E-state index in [1.54, 1.807) is 37.3 Å². The Bertz CT molecular complexity index is 1510. The fraction of sp³-hybridized carbons (Fsp3) is 0.393. The lowest BCUT2D eigenvalue weighted by atomic mass is 9.96. The summed E-state index contributed by atoms with van der Waals surface area (Å²) in [7, 11) is -4.28. The second-order valence-corrected chi connectivity index (χ2v) is 11.7. The van der Waals surface area contributed by atoms with Crippen molar-refractivity contribution in [3.63, 3.8) is 0 Å². The smallest absolute Gasteiger partial charge is 0.459 e. The molecule has 1 aliphatic carbocycles. The number of carbonyl (C=O) groups excluding carboxylic acids is 1. The zero-order chi connectivity index (χ0) is 29.0. The SMILES string of the molecule is CCOC(=O)C(Cc1ccccc1)NP(=O)(OCC1OC(n2ccc(=O)[nH]c2=O)C2(CC2)C1O)Oc1ccccc1. The maximum atomic E-state index is 14.2. The number of esters is 1. The number of hydrogen-bond acceptors (Lipinski definition) is 9. The van der Waals surface area contributed by atoms with Gasteiger partial charge in [0.2, 0.25) is 0 Å². The minimum Gasteiger partial charge on any atom is -0.465 e. The average Bonchev–Trinajstić information content (AvgIpc) is 3.71. The first-order valence-electron chi connectivity index (χ1n) is 13.4. The molecule has 13 heteroatoms. The minimum atomic E-state index is -4.28. The van der Waals surface area contributed by atoms with Gasteiger partial charge < -0.3 is 19.1 Å². The third kappa shape index (κ3) is 6.52. The molecule has 218 valence electrons. The summed E-state index contributed by atoms with van der Waals surface area (Å²) in [6.45, 7) is 1.41. The average molecular weight is 586 g/mol. The molecular weight excluding hydrogens is 553 g/mol. The van der Waals surface area contributed by atoms with E-state index in [-0.39, 0.29) is 25.4 Å². The molecule has 3 aromatic rings. The topological polar surface area (TPSA) is 158 Å². The molecule has 3 N–H and O–H groups in total. The summed E-state index contributed by atoms with van der Waals surface area (Å²) in [6.07, 6.45) is -0.261. The predicted molar refractivity (Wildman–Crippen MR) is 147 cm³/mol. The molecule has 0 bridgehead atoms. The first-order chi connectivity index (χ1) is 19.7. The summed E-state index contributed by atoms with van der Waals surface area (Å²) in [6, 6.07) is 17.6. The van der Waals surface area contributed by atoms with Gasteiger partial charge in [-0.25, -0.2) is 9.36 Å². The summed E-state index contributed by atoms with van der Waals surface area (Å²) in [4.78, 5) is 39.1. The van der Waals surface area contributed by atoms with Crippen LogP contribution in [-0.4, -0.2) is 52.1 Å². The van der Waals surface area contributed by atoms with Crippen molar-refractivity contribution in [1.82, 2.24) is 14.6 Å². The highest BCUT2D eigenvalue weighted by molar-refractivity contribution is 7.52. The lowest BCUT2D eigenvalue weighted by Crippen LogP contribution is -2.40. The van der Waals surface area contributed by atoms with E-state index in [9.17, 15) is 24.1 Å². The van der Waals surface area contributed by atoms with Crippen LogP contribution in [0, 0.1) is 5.41 Å². The quantitative estimate of drug-likeness (QED) is 0.213. The van der Waals surface area contributed by atoms with Crippen LogP contribution in [0.1, 0.15) is 31.6 Å². The summed E-state index contributed by atoms with van der Waals surface area (Å²) in [5.41, 5.74) is -1.18. The van der Waals surface area contributed by atoms with Crippen molar-refractivity contribution >= 4 is 13.7 Å². The fourth-order valence-electron chi connectivity index (χ4n) is 5.01. The van der Waals surface area contributed by atoms with Crippen LogP contribution in [-0.2, 0) is 29.8 Å². The van der Waals surface area contributed by atoms with Crippen LogP contribution in [0.2, 0.25) is 0 Å². The summed E-state index contributed by atoms with van der Waals surface area (Å²) in [5, 5.41) is 13.9. The van der Waals surface area contributed by atoms with E-state index < -0.39 is 54.9 Å². The van der Waals surface area contributed by atoms with E-state index in [0.29, 0.717) is 12.8 Å². The molecule has 1 aromatic heterocycles. The maximum absolute atomic E-state index is 14.2. The van der Waals surface area contributed by atoms with Crippen LogP contribution in [0.5, 0.6) is 5.75 Å². The lowest BCUT2D eigenvalue weighted by molar-refractivity contribution is -0.145. The van der Waals surface area contributed by atoms with E-state index in [1.165, 1.54) is 16.8 Å². The lowest BCUT2D eigenvalue weighted by Gasteiger charge is -2.26. The first kappa shape index (κ1) is 29.0. The number of H-pyrrole nitrogens is 1. The molecule has 1 saturated heterocycles. The Balaban J connectivity index is 1.38. The summed E-state index contributed by atoms with van der Waals surface area (Å²) >= 11 is 0. The highest BCUT2D eigenvalue weighted by Gasteiger charge is 2.64. The molecule has 1 aliphatic heterocycles. The Hall–Kier alpha value is -3.54. The van der Waals surface area contributed by atoms with Gasteiger partial charge in [0.05, 0.1) is 19.3 Å². The van der Waals surface area contributed by atoms with Crippen molar-refractivity contribution < 1.29 is 33.0 Å². The van der Waals surface area contributed by atoms with Crippen LogP contribution in [0.25, 0.3) is 0 Å². The molecule has 5 unspecified atom stereocenters. The molecule has 12 nitrogen and oxygen atoms in total. The van der Waals surface area contributed by atoms with Gasteiger partial charge in [-0.15, -0.1) is 0 Å². The van der Waals surface area contributed by atoms with Crippen LogP contribution in [0.4, 0.5) is 0 Å². The summed E-state index contributed by atoms with van der Waals surface area (Å²) in [5.74, 6) is -0.404. The van der Waals surface area contributed by atoms with Crippen LogP contribution >= 0.6 is 7.75 Å². The number of aliphatic hydroxyl groups is 1. The third-order valence-electron chi connectivity index (χ3n) is 7.21. The van der Waals surface area contributed by atoms with E-state index >= 15 is 0 Å². The number of carbonyl (C=O) groups is 1. The standard InChI is InChI=1S/C28H32N3O9P/c1-2-37-25(34)21(17-19-9-5-3-6-10-19)30-41(36,40-20-11-7-4-8-12-20)38-18-22-24(33)28(14-15-28)26(39-22)31-16-13-23(32)29-27(31)35/h3-13,16,21-22,24,26,33H,2,14-15,17-18H2,1H3,(H,30,36)(H,29,32,35). The zero-order valence-corrected chi connectivity index (χ0v) is 23.3. The number of nitrogens with zero attached hydrogens (tertiary/aromatic N) is 1. The number of para-hydroxylation sites is 1. The largest absolute Gasteiger partial charge is 0.465 e. The van der Waals surface area contributed by atoms with Crippen molar-refractivity contribution in [1.29, 1.82) is 0 Å². The Morgan fingerprint density at radius 3 is 2.46 bits per heavy atom. The number of rotatable bonds is 12. The van der Waals surface area contributed by atoms with Gasteiger partial charge in [-0.3, -0.25) is 23.7 Å². The minimum absolute atomic E-state index is 0.117. The Labute approximate surface area is 235 Å². The van der Waals surface area contributed by atoms with Gasteiger partial charge in [-0.2, -0.15) is 5.09 Å². The molecule has 5 atom stereocenters. The van der Waals surface area contributed by atoms with Gasteiger partial charge >= 0.3 is 19.4 Å². The van der Waals surface area contributed by atoms with E-state index in [1.807, 2.05) is 30.3 Å². The van der Waals surface area contributed by atoms with E-state index in [0.717, 1.165) is 5.56 Å². The molecule has 2 aromatic carbocycles. The number of aromatic amines is 1. The van der Waals surface area contributed by atoms with Gasteiger partial charge in [-0.1, -0.05) is 48.5 Å².